The van der Waals surface area contributed by atoms with Gasteiger partial charge in [0, 0.05) is 80.1 Å². The number of benzene rings is 3. The van der Waals surface area contributed by atoms with Crippen LogP contribution in [-0.2, 0) is 6.54 Å². The molecule has 9 nitrogen and oxygen atoms in total. The summed E-state index contributed by atoms with van der Waals surface area (Å²) in [4.78, 5) is 39.9. The molecule has 55 heavy (non-hydrogen) atoms. The molecule has 0 bridgehead atoms. The molecule has 2 fully saturated rings. The molecule has 0 saturated carbocycles. The molecule has 12 heteroatoms. The van der Waals surface area contributed by atoms with E-state index >= 15 is 0 Å². The van der Waals surface area contributed by atoms with E-state index in [1.165, 1.54) is 12.1 Å². The minimum Gasteiger partial charge on any atom is -0.406 e. The molecule has 0 radical (unpaired) electrons. The van der Waals surface area contributed by atoms with Gasteiger partial charge in [0.1, 0.15) is 11.6 Å². The average Bonchev–Trinajstić information content (AvgIpc) is 3.19. The molecule has 4 heterocycles. The monoisotopic (exact) mass is 748 g/mol. The van der Waals surface area contributed by atoms with Crippen molar-refractivity contribution >= 4 is 17.6 Å². The Morgan fingerprint density at radius 1 is 0.745 bits per heavy atom. The standard InChI is InChI=1S/C43H43F3N6O3/c1-29-7-9-34(25-39(29)31-10-12-38(13-11-31)55-43(44,45)46)42(54)49-36-15-20-51(21-16-36)28-30-8-14-40(48-26-30)52-22-17-37(18-23-52)50-41(53)33-5-2-4-32(24-33)35-6-3-19-47-27-35/h2-14,19,24-27,36-37H,15-18,20-23,28H2,1H3,(H,49,54)(H,50,53). The van der Waals surface area contributed by atoms with Crippen molar-refractivity contribution in [3.8, 4) is 28.0 Å². The smallest absolute Gasteiger partial charge is 0.406 e. The molecule has 5 aromatic rings. The first kappa shape index (κ1) is 37.6. The summed E-state index contributed by atoms with van der Waals surface area (Å²) in [6.45, 7) is 5.97. The largest absolute Gasteiger partial charge is 0.573 e. The second-order valence-electron chi connectivity index (χ2n) is 14.2. The van der Waals surface area contributed by atoms with Crippen molar-refractivity contribution in [2.24, 2.45) is 0 Å². The fourth-order valence-electron chi connectivity index (χ4n) is 7.27. The first-order chi connectivity index (χ1) is 26.6. The Hall–Kier alpha value is -5.75. The van der Waals surface area contributed by atoms with E-state index < -0.39 is 6.36 Å². The SMILES string of the molecule is Cc1ccc(C(=O)NC2CCN(Cc3ccc(N4CCC(NC(=O)c5cccc(-c6cccnc6)c5)CC4)nc3)CC2)cc1-c1ccc(OC(F)(F)F)cc1. The molecule has 2 amide bonds. The van der Waals surface area contributed by atoms with Crippen LogP contribution in [0, 0.1) is 6.92 Å². The number of aryl methyl sites for hydroxylation is 1. The van der Waals surface area contributed by atoms with Crippen LogP contribution in [-0.4, -0.2) is 71.3 Å². The van der Waals surface area contributed by atoms with Gasteiger partial charge in [0.05, 0.1) is 0 Å². The zero-order valence-electron chi connectivity index (χ0n) is 30.6. The fraction of sp³-hybridized carbons (Fsp3) is 0.302. The van der Waals surface area contributed by atoms with Gasteiger partial charge in [-0.05, 0) is 109 Å². The van der Waals surface area contributed by atoms with Gasteiger partial charge in [-0.3, -0.25) is 19.5 Å². The lowest BCUT2D eigenvalue weighted by Gasteiger charge is -2.34. The number of halogens is 3. The number of anilines is 1. The van der Waals surface area contributed by atoms with Gasteiger partial charge < -0.3 is 20.3 Å². The molecule has 2 aromatic heterocycles. The third kappa shape index (κ3) is 9.87. The quantitative estimate of drug-likeness (QED) is 0.150. The van der Waals surface area contributed by atoms with E-state index in [0.29, 0.717) is 16.7 Å². The van der Waals surface area contributed by atoms with E-state index in [0.717, 1.165) is 92.0 Å². The minimum absolute atomic E-state index is 0.0394. The minimum atomic E-state index is -4.76. The van der Waals surface area contributed by atoms with Gasteiger partial charge in [-0.1, -0.05) is 42.5 Å². The predicted molar refractivity (Wildman–Crippen MR) is 206 cm³/mol. The molecule has 2 N–H and O–H groups in total. The predicted octanol–water partition coefficient (Wildman–Crippen LogP) is 7.81. The number of nitrogens with one attached hydrogen (secondary N) is 2. The Morgan fingerprint density at radius 3 is 2.05 bits per heavy atom. The van der Waals surface area contributed by atoms with Gasteiger partial charge in [-0.15, -0.1) is 13.2 Å². The van der Waals surface area contributed by atoms with E-state index in [1.807, 2.05) is 55.6 Å². The molecule has 0 atom stereocenters. The van der Waals surface area contributed by atoms with E-state index in [2.05, 4.69) is 42.3 Å². The molecule has 2 saturated heterocycles. The van der Waals surface area contributed by atoms with Crippen LogP contribution < -0.4 is 20.3 Å². The highest BCUT2D eigenvalue weighted by Gasteiger charge is 2.31. The number of amides is 2. The molecule has 2 aliphatic rings. The maximum absolute atomic E-state index is 13.2. The molecule has 0 unspecified atom stereocenters. The highest BCUT2D eigenvalue weighted by Crippen LogP contribution is 2.29. The van der Waals surface area contributed by atoms with Crippen LogP contribution in [0.25, 0.3) is 22.3 Å². The van der Waals surface area contributed by atoms with Crippen LogP contribution in [0.4, 0.5) is 19.0 Å². The Kier molecular flexibility index (Phi) is 11.4. The number of pyridine rings is 2. The van der Waals surface area contributed by atoms with Gasteiger partial charge in [0.25, 0.3) is 11.8 Å². The van der Waals surface area contributed by atoms with E-state index in [1.54, 1.807) is 36.7 Å². The summed E-state index contributed by atoms with van der Waals surface area (Å²) in [5, 5.41) is 6.39. The summed E-state index contributed by atoms with van der Waals surface area (Å²) in [5.74, 6) is 0.409. The Bertz CT molecular complexity index is 2080. The Morgan fingerprint density at radius 2 is 1.42 bits per heavy atom. The number of ether oxygens (including phenoxy) is 1. The third-order valence-corrected chi connectivity index (χ3v) is 10.3. The zero-order chi connectivity index (χ0) is 38.4. The van der Waals surface area contributed by atoms with Crippen LogP contribution in [0.3, 0.4) is 0 Å². The van der Waals surface area contributed by atoms with Crippen LogP contribution in [0.5, 0.6) is 5.75 Å². The lowest BCUT2D eigenvalue weighted by atomic mass is 9.97. The molecule has 3 aromatic carbocycles. The topological polar surface area (TPSA) is 99.7 Å². The summed E-state index contributed by atoms with van der Waals surface area (Å²) < 4.78 is 41.7. The number of rotatable bonds is 10. The maximum Gasteiger partial charge on any atom is 0.573 e. The molecule has 0 aliphatic carbocycles. The van der Waals surface area contributed by atoms with Gasteiger partial charge in [-0.25, -0.2) is 4.98 Å². The fourth-order valence-corrected chi connectivity index (χ4v) is 7.27. The third-order valence-electron chi connectivity index (χ3n) is 10.3. The molecular weight excluding hydrogens is 706 g/mol. The number of piperidine rings is 2. The first-order valence-electron chi connectivity index (χ1n) is 18.6. The van der Waals surface area contributed by atoms with Crippen LogP contribution >= 0.6 is 0 Å². The number of alkyl halides is 3. The number of hydrogen-bond donors (Lipinski definition) is 2. The number of likely N-dealkylation sites (tertiary alicyclic amines) is 1. The molecule has 7 rings (SSSR count). The summed E-state index contributed by atoms with van der Waals surface area (Å²) in [6, 6.07) is 26.9. The van der Waals surface area contributed by atoms with Crippen molar-refractivity contribution in [3.63, 3.8) is 0 Å². The van der Waals surface area contributed by atoms with Gasteiger partial charge in [0.2, 0.25) is 0 Å². The molecule has 0 spiro atoms. The van der Waals surface area contributed by atoms with Crippen LogP contribution in [0.15, 0.2) is 110 Å². The maximum atomic E-state index is 13.2. The second kappa shape index (κ2) is 16.7. The second-order valence-corrected chi connectivity index (χ2v) is 14.2. The molecule has 2 aliphatic heterocycles. The van der Waals surface area contributed by atoms with Gasteiger partial charge in [0.15, 0.2) is 0 Å². The normalized spacial score (nSPS) is 15.7. The summed E-state index contributed by atoms with van der Waals surface area (Å²) in [7, 11) is 0. The zero-order valence-corrected chi connectivity index (χ0v) is 30.6. The number of carbonyl (C=O) groups excluding carboxylic acids is 2. The summed E-state index contributed by atoms with van der Waals surface area (Å²) >= 11 is 0. The van der Waals surface area contributed by atoms with Gasteiger partial charge >= 0.3 is 6.36 Å². The Balaban J connectivity index is 0.845. The van der Waals surface area contributed by atoms with Crippen molar-refractivity contribution in [1.82, 2.24) is 25.5 Å². The highest BCUT2D eigenvalue weighted by atomic mass is 19.4. The number of aromatic nitrogens is 2. The number of hydrogen-bond acceptors (Lipinski definition) is 7. The summed E-state index contributed by atoms with van der Waals surface area (Å²) in [6.07, 6.45) is 4.03. The number of nitrogens with zero attached hydrogens (tertiary/aromatic N) is 4. The highest BCUT2D eigenvalue weighted by molar-refractivity contribution is 5.96. The number of carbonyl (C=O) groups is 2. The van der Waals surface area contributed by atoms with Crippen LogP contribution in [0.2, 0.25) is 0 Å². The lowest BCUT2D eigenvalue weighted by molar-refractivity contribution is -0.274. The van der Waals surface area contributed by atoms with Gasteiger partial charge in [-0.2, -0.15) is 0 Å². The van der Waals surface area contributed by atoms with Crippen molar-refractivity contribution in [2.75, 3.05) is 31.1 Å². The van der Waals surface area contributed by atoms with E-state index in [4.69, 9.17) is 4.98 Å². The molecular formula is C43H43F3N6O3. The molecule has 284 valence electrons. The Labute approximate surface area is 318 Å². The van der Waals surface area contributed by atoms with Crippen LogP contribution in [0.1, 0.15) is 57.5 Å². The van der Waals surface area contributed by atoms with E-state index in [-0.39, 0.29) is 29.6 Å². The van der Waals surface area contributed by atoms with E-state index in [9.17, 15) is 22.8 Å². The van der Waals surface area contributed by atoms with Crippen molar-refractivity contribution in [3.05, 3.63) is 132 Å². The average molecular weight is 749 g/mol. The summed E-state index contributed by atoms with van der Waals surface area (Å²) in [5.41, 5.74) is 6.59. The first-order valence-corrected chi connectivity index (χ1v) is 18.6. The van der Waals surface area contributed by atoms with Crippen molar-refractivity contribution < 1.29 is 27.5 Å². The van der Waals surface area contributed by atoms with Crippen molar-refractivity contribution in [1.29, 1.82) is 0 Å². The van der Waals surface area contributed by atoms with Crippen molar-refractivity contribution in [2.45, 2.75) is 57.6 Å². The lowest BCUT2D eigenvalue weighted by Crippen LogP contribution is -2.45.